The molecule has 1 aromatic carbocycles. The predicted octanol–water partition coefficient (Wildman–Crippen LogP) is 2.62. The normalized spacial score (nSPS) is 18.4. The lowest BCUT2D eigenvalue weighted by molar-refractivity contribution is -0.130. The van der Waals surface area contributed by atoms with Gasteiger partial charge in [0.2, 0.25) is 5.91 Å². The first-order chi connectivity index (χ1) is 9.78. The summed E-state index contributed by atoms with van der Waals surface area (Å²) >= 11 is 0. The Labute approximate surface area is 118 Å². The fourth-order valence-electron chi connectivity index (χ4n) is 2.63. The minimum Gasteiger partial charge on any atom is -0.486 e. The molecular formula is C16H18N2O2. The van der Waals surface area contributed by atoms with Crippen LogP contribution in [-0.4, -0.2) is 35.0 Å². The smallest absolute Gasteiger partial charge is 0.222 e. The standard InChI is InChI=1S/C16H18N2O2/c1-2-15(19)18-10-8-13(11-18)20-14-7-3-5-12-6-4-9-17-16(12)14/h3-7,9,13H,2,8,10-11H2,1H3. The summed E-state index contributed by atoms with van der Waals surface area (Å²) in [5.74, 6) is 1.01. The largest absolute Gasteiger partial charge is 0.486 e. The highest BCUT2D eigenvalue weighted by molar-refractivity contribution is 5.84. The molecule has 4 nitrogen and oxygen atoms in total. The van der Waals surface area contributed by atoms with Crippen LogP contribution in [0.2, 0.25) is 0 Å². The fourth-order valence-corrected chi connectivity index (χ4v) is 2.63. The molecule has 2 heterocycles. The Morgan fingerprint density at radius 1 is 1.40 bits per heavy atom. The van der Waals surface area contributed by atoms with E-state index in [2.05, 4.69) is 4.98 Å². The highest BCUT2D eigenvalue weighted by atomic mass is 16.5. The first-order valence-electron chi connectivity index (χ1n) is 7.06. The number of carbonyl (C=O) groups excluding carboxylic acids is 1. The van der Waals surface area contributed by atoms with E-state index in [1.54, 1.807) is 6.20 Å². The van der Waals surface area contributed by atoms with Gasteiger partial charge in [-0.15, -0.1) is 0 Å². The van der Waals surface area contributed by atoms with Gasteiger partial charge in [0.15, 0.2) is 0 Å². The summed E-state index contributed by atoms with van der Waals surface area (Å²) in [6.45, 7) is 3.36. The number of para-hydroxylation sites is 1. The van der Waals surface area contributed by atoms with Gasteiger partial charge in [-0.05, 0) is 12.1 Å². The predicted molar refractivity (Wildman–Crippen MR) is 77.6 cm³/mol. The van der Waals surface area contributed by atoms with E-state index >= 15 is 0 Å². The van der Waals surface area contributed by atoms with Gasteiger partial charge in [-0.1, -0.05) is 25.1 Å². The molecule has 1 saturated heterocycles. The van der Waals surface area contributed by atoms with E-state index in [0.717, 1.165) is 29.6 Å². The number of benzene rings is 1. The van der Waals surface area contributed by atoms with Crippen molar-refractivity contribution in [3.8, 4) is 5.75 Å². The van der Waals surface area contributed by atoms with Gasteiger partial charge in [-0.25, -0.2) is 0 Å². The van der Waals surface area contributed by atoms with E-state index in [4.69, 9.17) is 4.74 Å². The quantitative estimate of drug-likeness (QED) is 0.861. The molecule has 1 aliphatic heterocycles. The number of hydrogen-bond donors (Lipinski definition) is 0. The van der Waals surface area contributed by atoms with Crippen LogP contribution in [0.4, 0.5) is 0 Å². The molecule has 1 aromatic heterocycles. The van der Waals surface area contributed by atoms with Crippen LogP contribution in [0.5, 0.6) is 5.75 Å². The lowest BCUT2D eigenvalue weighted by Gasteiger charge is -2.17. The number of likely N-dealkylation sites (tertiary alicyclic amines) is 1. The van der Waals surface area contributed by atoms with Crippen molar-refractivity contribution in [2.24, 2.45) is 0 Å². The van der Waals surface area contributed by atoms with Crippen LogP contribution in [0.1, 0.15) is 19.8 Å². The summed E-state index contributed by atoms with van der Waals surface area (Å²) in [6, 6.07) is 9.89. The maximum absolute atomic E-state index is 11.7. The van der Waals surface area contributed by atoms with Crippen molar-refractivity contribution in [3.63, 3.8) is 0 Å². The van der Waals surface area contributed by atoms with Crippen LogP contribution in [0, 0.1) is 0 Å². The van der Waals surface area contributed by atoms with Crippen LogP contribution in [0.25, 0.3) is 10.9 Å². The second kappa shape index (κ2) is 5.49. The Morgan fingerprint density at radius 2 is 2.25 bits per heavy atom. The van der Waals surface area contributed by atoms with Crippen molar-refractivity contribution < 1.29 is 9.53 Å². The third kappa shape index (κ3) is 2.46. The third-order valence-corrected chi connectivity index (χ3v) is 3.69. The molecule has 0 bridgehead atoms. The van der Waals surface area contributed by atoms with E-state index < -0.39 is 0 Å². The lowest BCUT2D eigenvalue weighted by Crippen LogP contribution is -2.30. The van der Waals surface area contributed by atoms with E-state index in [9.17, 15) is 4.79 Å². The van der Waals surface area contributed by atoms with Crippen molar-refractivity contribution in [1.82, 2.24) is 9.88 Å². The number of nitrogens with zero attached hydrogens (tertiary/aromatic N) is 2. The van der Waals surface area contributed by atoms with E-state index in [-0.39, 0.29) is 12.0 Å². The molecule has 0 aliphatic carbocycles. The Morgan fingerprint density at radius 3 is 3.10 bits per heavy atom. The van der Waals surface area contributed by atoms with Crippen LogP contribution in [0.3, 0.4) is 0 Å². The molecule has 0 saturated carbocycles. The third-order valence-electron chi connectivity index (χ3n) is 3.69. The second-order valence-corrected chi connectivity index (χ2v) is 5.05. The summed E-state index contributed by atoms with van der Waals surface area (Å²) in [4.78, 5) is 17.9. The molecule has 3 rings (SSSR count). The van der Waals surface area contributed by atoms with E-state index in [1.807, 2.05) is 42.2 Å². The molecule has 0 N–H and O–H groups in total. The van der Waals surface area contributed by atoms with Crippen molar-refractivity contribution in [2.45, 2.75) is 25.9 Å². The number of ether oxygens (including phenoxy) is 1. The lowest BCUT2D eigenvalue weighted by atomic mass is 10.2. The minimum atomic E-state index is 0.0677. The summed E-state index contributed by atoms with van der Waals surface area (Å²) in [6.07, 6.45) is 3.28. The van der Waals surface area contributed by atoms with Crippen LogP contribution < -0.4 is 4.74 Å². The zero-order valence-corrected chi connectivity index (χ0v) is 11.6. The Bertz CT molecular complexity index is 621. The highest BCUT2D eigenvalue weighted by Gasteiger charge is 2.27. The first kappa shape index (κ1) is 12.9. The van der Waals surface area contributed by atoms with Gasteiger partial charge in [0.05, 0.1) is 6.54 Å². The average Bonchev–Trinajstić information content (AvgIpc) is 2.95. The molecule has 1 amide bonds. The minimum absolute atomic E-state index is 0.0677. The summed E-state index contributed by atoms with van der Waals surface area (Å²) < 4.78 is 6.06. The van der Waals surface area contributed by atoms with Crippen molar-refractivity contribution in [2.75, 3.05) is 13.1 Å². The van der Waals surface area contributed by atoms with Gasteiger partial charge in [-0.2, -0.15) is 0 Å². The Hall–Kier alpha value is -2.10. The summed E-state index contributed by atoms with van der Waals surface area (Å²) in [5.41, 5.74) is 0.885. The molecular weight excluding hydrogens is 252 g/mol. The van der Waals surface area contributed by atoms with E-state index in [1.165, 1.54) is 0 Å². The molecule has 0 radical (unpaired) electrons. The number of hydrogen-bond acceptors (Lipinski definition) is 3. The van der Waals surface area contributed by atoms with Gasteiger partial charge in [0.1, 0.15) is 17.4 Å². The van der Waals surface area contributed by atoms with Crippen molar-refractivity contribution >= 4 is 16.8 Å². The molecule has 20 heavy (non-hydrogen) atoms. The number of amides is 1. The monoisotopic (exact) mass is 270 g/mol. The summed E-state index contributed by atoms with van der Waals surface area (Å²) in [5, 5.41) is 1.07. The molecule has 104 valence electrons. The van der Waals surface area contributed by atoms with Gasteiger partial charge in [0.25, 0.3) is 0 Å². The van der Waals surface area contributed by atoms with Crippen molar-refractivity contribution in [1.29, 1.82) is 0 Å². The zero-order valence-electron chi connectivity index (χ0n) is 11.6. The van der Waals surface area contributed by atoms with Crippen LogP contribution >= 0.6 is 0 Å². The SMILES string of the molecule is CCC(=O)N1CCC(Oc2cccc3cccnc23)C1. The average molecular weight is 270 g/mol. The molecule has 2 aromatic rings. The van der Waals surface area contributed by atoms with Gasteiger partial charge in [-0.3, -0.25) is 9.78 Å². The highest BCUT2D eigenvalue weighted by Crippen LogP contribution is 2.26. The zero-order chi connectivity index (χ0) is 13.9. The number of fused-ring (bicyclic) bond motifs is 1. The number of rotatable bonds is 3. The number of aromatic nitrogens is 1. The molecule has 1 atom stereocenters. The van der Waals surface area contributed by atoms with Crippen molar-refractivity contribution in [3.05, 3.63) is 36.5 Å². The van der Waals surface area contributed by atoms with Crippen LogP contribution in [-0.2, 0) is 4.79 Å². The van der Waals surface area contributed by atoms with E-state index in [0.29, 0.717) is 13.0 Å². The van der Waals surface area contributed by atoms with Crippen LogP contribution in [0.15, 0.2) is 36.5 Å². The van der Waals surface area contributed by atoms with Gasteiger partial charge in [0, 0.05) is 31.0 Å². The van der Waals surface area contributed by atoms with Gasteiger partial charge < -0.3 is 9.64 Å². The Balaban J connectivity index is 1.76. The molecule has 1 fully saturated rings. The molecule has 1 aliphatic rings. The summed E-state index contributed by atoms with van der Waals surface area (Å²) in [7, 11) is 0. The molecule has 0 spiro atoms. The second-order valence-electron chi connectivity index (χ2n) is 5.05. The Kier molecular flexibility index (Phi) is 3.54. The first-order valence-corrected chi connectivity index (χ1v) is 7.06. The maximum atomic E-state index is 11.7. The van der Waals surface area contributed by atoms with Gasteiger partial charge >= 0.3 is 0 Å². The maximum Gasteiger partial charge on any atom is 0.222 e. The topological polar surface area (TPSA) is 42.4 Å². The number of pyridine rings is 1. The molecule has 1 unspecified atom stereocenters. The number of carbonyl (C=O) groups is 1. The molecule has 4 heteroatoms. The fraction of sp³-hybridized carbons (Fsp3) is 0.375.